The summed E-state index contributed by atoms with van der Waals surface area (Å²) in [6, 6.07) is 0. The predicted octanol–water partition coefficient (Wildman–Crippen LogP) is 13.5. The Bertz CT molecular complexity index is 406. The highest BCUT2D eigenvalue weighted by Crippen LogP contribution is 2.16. The van der Waals surface area contributed by atoms with Crippen molar-refractivity contribution in [2.24, 2.45) is 11.8 Å². The molecule has 0 spiro atoms. The van der Waals surface area contributed by atoms with Crippen LogP contribution in [-0.2, 0) is 0 Å². The van der Waals surface area contributed by atoms with E-state index in [1.165, 1.54) is 199 Å². The topological polar surface area (TPSA) is 3.24 Å². The lowest BCUT2D eigenvalue weighted by Crippen LogP contribution is -2.27. The Morgan fingerprint density at radius 2 is 0.538 bits per heavy atom. The van der Waals surface area contributed by atoms with Gasteiger partial charge in [-0.15, -0.1) is 0 Å². The van der Waals surface area contributed by atoms with Gasteiger partial charge in [0.1, 0.15) is 0 Å². The van der Waals surface area contributed by atoms with Gasteiger partial charge in [-0.2, -0.15) is 0 Å². The second kappa shape index (κ2) is 32.5. The van der Waals surface area contributed by atoms with Crippen LogP contribution in [0, 0.1) is 11.8 Å². The van der Waals surface area contributed by atoms with Crippen molar-refractivity contribution < 1.29 is 0 Å². The molecule has 1 nitrogen and oxygen atoms in total. The van der Waals surface area contributed by atoms with Gasteiger partial charge < -0.3 is 4.90 Å². The maximum atomic E-state index is 2.84. The third-order valence-corrected chi connectivity index (χ3v) is 8.84. The van der Waals surface area contributed by atoms with E-state index in [0.717, 1.165) is 11.8 Å². The summed E-state index contributed by atoms with van der Waals surface area (Å²) < 4.78 is 0. The van der Waals surface area contributed by atoms with Crippen molar-refractivity contribution in [1.29, 1.82) is 0 Å². The van der Waals surface area contributed by atoms with E-state index in [1.54, 1.807) is 0 Å². The van der Waals surface area contributed by atoms with Crippen molar-refractivity contribution in [3.05, 3.63) is 0 Å². The Kier molecular flexibility index (Phi) is 32.4. The van der Waals surface area contributed by atoms with Gasteiger partial charge in [-0.3, -0.25) is 0 Å². The molecule has 1 heteroatoms. The number of nitrogens with zero attached hydrogens (tertiary/aromatic N) is 1. The Labute approximate surface area is 250 Å². The van der Waals surface area contributed by atoms with E-state index in [-0.39, 0.29) is 0 Å². The largest absolute Gasteiger partial charge is 0.303 e. The molecule has 39 heavy (non-hydrogen) atoms. The molecule has 0 heterocycles. The predicted molar refractivity (Wildman–Crippen MR) is 181 cm³/mol. The zero-order valence-electron chi connectivity index (χ0n) is 28.5. The maximum absolute atomic E-state index is 2.84. The minimum absolute atomic E-state index is 0.880. The van der Waals surface area contributed by atoms with Crippen LogP contribution in [0.25, 0.3) is 0 Å². The second-order valence-electron chi connectivity index (χ2n) is 14.0. The molecule has 0 bridgehead atoms. The lowest BCUT2D eigenvalue weighted by atomic mass is 10.0. The highest BCUT2D eigenvalue weighted by Gasteiger charge is 2.05. The van der Waals surface area contributed by atoms with Crippen molar-refractivity contribution in [3.63, 3.8) is 0 Å². The van der Waals surface area contributed by atoms with Gasteiger partial charge in [0, 0.05) is 0 Å². The van der Waals surface area contributed by atoms with Crippen LogP contribution in [0.15, 0.2) is 0 Å². The molecular formula is C38H79N. The summed E-state index contributed by atoms with van der Waals surface area (Å²) >= 11 is 0. The number of unbranched alkanes of at least 4 members (excludes halogenated alkanes) is 23. The van der Waals surface area contributed by atoms with E-state index in [0.29, 0.717) is 0 Å². The number of hydrogen-bond donors (Lipinski definition) is 0. The lowest BCUT2D eigenvalue weighted by molar-refractivity contribution is 0.254. The Balaban J connectivity index is 3.78. The molecule has 0 amide bonds. The average molecular weight is 550 g/mol. The normalized spacial score (nSPS) is 12.0. The molecular weight excluding hydrogens is 470 g/mol. The molecule has 0 aliphatic rings. The Morgan fingerprint density at radius 3 is 0.795 bits per heavy atom. The lowest BCUT2D eigenvalue weighted by Gasteiger charge is -2.22. The van der Waals surface area contributed by atoms with Gasteiger partial charge in [0.15, 0.2) is 0 Å². The first-order chi connectivity index (χ1) is 19.1. The fourth-order valence-electron chi connectivity index (χ4n) is 6.06. The summed E-state index contributed by atoms with van der Waals surface area (Å²) in [5.74, 6) is 1.76. The van der Waals surface area contributed by atoms with Crippen LogP contribution in [0.3, 0.4) is 0 Å². The van der Waals surface area contributed by atoms with Gasteiger partial charge in [0.25, 0.3) is 0 Å². The molecule has 0 aromatic carbocycles. The summed E-state index contributed by atoms with van der Waals surface area (Å²) in [6.45, 7) is 15.8. The quantitative estimate of drug-likeness (QED) is 0.0736. The molecule has 0 radical (unpaired) electrons. The van der Waals surface area contributed by atoms with E-state index in [9.17, 15) is 0 Å². The molecule has 0 aromatic rings. The van der Waals surface area contributed by atoms with E-state index in [4.69, 9.17) is 0 Å². The summed E-state index contributed by atoms with van der Waals surface area (Å²) in [5, 5.41) is 0. The van der Waals surface area contributed by atoms with E-state index < -0.39 is 0 Å². The van der Waals surface area contributed by atoms with Crippen LogP contribution >= 0.6 is 0 Å². The summed E-state index contributed by atoms with van der Waals surface area (Å²) in [5.41, 5.74) is 0. The average Bonchev–Trinajstić information content (AvgIpc) is 2.90. The summed E-state index contributed by atoms with van der Waals surface area (Å²) in [6.07, 6.45) is 40.7. The van der Waals surface area contributed by atoms with Crippen molar-refractivity contribution in [1.82, 2.24) is 4.90 Å². The summed E-state index contributed by atoms with van der Waals surface area (Å²) in [7, 11) is 0. The van der Waals surface area contributed by atoms with E-state index in [2.05, 4.69) is 39.5 Å². The fraction of sp³-hybridized carbons (Fsp3) is 1.00. The first-order valence-corrected chi connectivity index (χ1v) is 18.8. The van der Waals surface area contributed by atoms with Gasteiger partial charge in [0.05, 0.1) is 0 Å². The number of hydrogen-bond acceptors (Lipinski definition) is 1. The molecule has 0 fully saturated rings. The molecule has 236 valence electrons. The van der Waals surface area contributed by atoms with Crippen molar-refractivity contribution in [2.45, 2.75) is 214 Å². The smallest absolute Gasteiger partial charge is 0.00187 e. The second-order valence-corrected chi connectivity index (χ2v) is 14.0. The van der Waals surface area contributed by atoms with Crippen LogP contribution in [0.1, 0.15) is 214 Å². The molecule has 0 aliphatic carbocycles. The van der Waals surface area contributed by atoms with Crippen LogP contribution in [0.4, 0.5) is 0 Å². The van der Waals surface area contributed by atoms with Crippen molar-refractivity contribution in [2.75, 3.05) is 19.6 Å². The standard InChI is InChI=1S/C38H79N/c1-6-7-8-9-10-11-12-13-14-15-16-17-18-19-24-29-34-39(35-30-25-20-22-27-32-37(2)3)36-31-26-21-23-28-33-38(4)5/h37-38H,6-36H2,1-5H3. The molecule has 0 aromatic heterocycles. The first kappa shape index (κ1) is 39.0. The zero-order valence-corrected chi connectivity index (χ0v) is 28.5. The van der Waals surface area contributed by atoms with Crippen LogP contribution in [0.2, 0.25) is 0 Å². The Morgan fingerprint density at radius 1 is 0.308 bits per heavy atom. The SMILES string of the molecule is CCCCCCCCCCCCCCCCCCN(CCCCCCCC(C)C)CCCCCCCC(C)C. The van der Waals surface area contributed by atoms with E-state index >= 15 is 0 Å². The highest BCUT2D eigenvalue weighted by molar-refractivity contribution is 4.61. The third-order valence-electron chi connectivity index (χ3n) is 8.84. The zero-order chi connectivity index (χ0) is 28.7. The highest BCUT2D eigenvalue weighted by atomic mass is 15.1. The van der Waals surface area contributed by atoms with Crippen molar-refractivity contribution in [3.8, 4) is 0 Å². The molecule has 0 saturated carbocycles. The van der Waals surface area contributed by atoms with Gasteiger partial charge in [-0.1, -0.05) is 195 Å². The van der Waals surface area contributed by atoms with Crippen molar-refractivity contribution >= 4 is 0 Å². The number of rotatable bonds is 33. The molecule has 0 rings (SSSR count). The van der Waals surface area contributed by atoms with Gasteiger partial charge in [-0.05, 0) is 50.7 Å². The van der Waals surface area contributed by atoms with E-state index in [1.807, 2.05) is 0 Å². The minimum atomic E-state index is 0.880. The van der Waals surface area contributed by atoms with Crippen LogP contribution in [-0.4, -0.2) is 24.5 Å². The molecule has 0 N–H and O–H groups in total. The van der Waals surface area contributed by atoms with Gasteiger partial charge in [-0.25, -0.2) is 0 Å². The third kappa shape index (κ3) is 34.1. The molecule has 0 saturated heterocycles. The molecule has 0 unspecified atom stereocenters. The molecule has 0 atom stereocenters. The van der Waals surface area contributed by atoms with Crippen LogP contribution < -0.4 is 0 Å². The molecule has 0 aliphatic heterocycles. The van der Waals surface area contributed by atoms with Gasteiger partial charge >= 0.3 is 0 Å². The Hall–Kier alpha value is -0.0400. The fourth-order valence-corrected chi connectivity index (χ4v) is 6.06. The minimum Gasteiger partial charge on any atom is -0.303 e. The first-order valence-electron chi connectivity index (χ1n) is 18.8. The summed E-state index contributed by atoms with van der Waals surface area (Å²) in [4.78, 5) is 2.84. The van der Waals surface area contributed by atoms with Crippen LogP contribution in [0.5, 0.6) is 0 Å². The van der Waals surface area contributed by atoms with Gasteiger partial charge in [0.2, 0.25) is 0 Å². The monoisotopic (exact) mass is 550 g/mol. The maximum Gasteiger partial charge on any atom is -0.00187 e.